The first-order valence-electron chi connectivity index (χ1n) is 7.30. The van der Waals surface area contributed by atoms with Crippen LogP contribution < -0.4 is 10.0 Å². The van der Waals surface area contributed by atoms with Crippen LogP contribution in [0, 0.1) is 20.8 Å². The van der Waals surface area contributed by atoms with E-state index >= 15 is 0 Å². The van der Waals surface area contributed by atoms with Crippen molar-refractivity contribution in [3.63, 3.8) is 0 Å². The molecule has 0 saturated carbocycles. The minimum atomic E-state index is -3.67. The third-order valence-electron chi connectivity index (χ3n) is 4.06. The number of benzene rings is 2. The lowest BCUT2D eigenvalue weighted by Gasteiger charge is -2.13. The first-order chi connectivity index (χ1) is 10.8. The number of nitrogens with one attached hydrogen (secondary N) is 2. The Balaban J connectivity index is 1.95. The maximum absolute atomic E-state index is 12.7. The maximum atomic E-state index is 12.7. The molecule has 0 unspecified atom stereocenters. The van der Waals surface area contributed by atoms with Crippen molar-refractivity contribution in [3.8, 4) is 0 Å². The van der Waals surface area contributed by atoms with Gasteiger partial charge in [-0.05, 0) is 67.3 Å². The highest BCUT2D eigenvalue weighted by Crippen LogP contribution is 2.28. The van der Waals surface area contributed by atoms with Gasteiger partial charge in [0.1, 0.15) is 0 Å². The highest BCUT2D eigenvalue weighted by molar-refractivity contribution is 7.92. The fourth-order valence-electron chi connectivity index (χ4n) is 2.73. The quantitative estimate of drug-likeness (QED) is 0.908. The lowest BCUT2D eigenvalue weighted by atomic mass is 10.1. The summed E-state index contributed by atoms with van der Waals surface area (Å²) in [5.74, 6) is -0.0787. The van der Waals surface area contributed by atoms with Crippen molar-refractivity contribution in [2.75, 3.05) is 10.0 Å². The molecule has 1 amide bonds. The Morgan fingerprint density at radius 2 is 1.70 bits per heavy atom. The van der Waals surface area contributed by atoms with Crippen LogP contribution in [-0.4, -0.2) is 14.3 Å². The molecule has 0 atom stereocenters. The summed E-state index contributed by atoms with van der Waals surface area (Å²) < 4.78 is 27.9. The monoisotopic (exact) mass is 330 g/mol. The van der Waals surface area contributed by atoms with Crippen molar-refractivity contribution in [2.24, 2.45) is 0 Å². The molecule has 0 aliphatic carbocycles. The van der Waals surface area contributed by atoms with E-state index in [4.69, 9.17) is 0 Å². The molecule has 3 rings (SSSR count). The molecule has 120 valence electrons. The molecule has 0 saturated heterocycles. The zero-order chi connectivity index (χ0) is 16.8. The molecule has 0 fully saturated rings. The number of carbonyl (C=O) groups is 1. The van der Waals surface area contributed by atoms with Crippen LogP contribution in [0.4, 0.5) is 11.4 Å². The standard InChI is InChI=1S/C17H18N2O3S/c1-10-6-12(3)16(7-11(10)2)23(21,22)19-14-4-5-15-13(8-14)9-17(20)18-15/h4-8,19H,9H2,1-3H3,(H,18,20). The zero-order valence-electron chi connectivity index (χ0n) is 13.2. The summed E-state index contributed by atoms with van der Waals surface area (Å²) in [5.41, 5.74) is 4.69. The number of anilines is 2. The molecular weight excluding hydrogens is 312 g/mol. The van der Waals surface area contributed by atoms with E-state index in [9.17, 15) is 13.2 Å². The van der Waals surface area contributed by atoms with Crippen LogP contribution in [0.2, 0.25) is 0 Å². The van der Waals surface area contributed by atoms with Gasteiger partial charge in [-0.3, -0.25) is 9.52 Å². The number of aryl methyl sites for hydroxylation is 3. The second-order valence-electron chi connectivity index (χ2n) is 5.90. The van der Waals surface area contributed by atoms with Crippen LogP contribution in [0.1, 0.15) is 22.3 Å². The Kier molecular flexibility index (Phi) is 3.64. The van der Waals surface area contributed by atoms with Crippen molar-refractivity contribution >= 4 is 27.3 Å². The highest BCUT2D eigenvalue weighted by atomic mass is 32.2. The van der Waals surface area contributed by atoms with Crippen molar-refractivity contribution in [1.29, 1.82) is 0 Å². The molecular formula is C17H18N2O3S. The second kappa shape index (κ2) is 5.38. The number of carbonyl (C=O) groups excluding carboxylic acids is 1. The molecule has 0 aromatic heterocycles. The minimum absolute atomic E-state index is 0.0787. The van der Waals surface area contributed by atoms with E-state index in [0.29, 0.717) is 11.3 Å². The number of fused-ring (bicyclic) bond motifs is 1. The summed E-state index contributed by atoms with van der Waals surface area (Å²) in [4.78, 5) is 11.7. The average molecular weight is 330 g/mol. The van der Waals surface area contributed by atoms with E-state index in [2.05, 4.69) is 10.0 Å². The molecule has 0 bridgehead atoms. The summed E-state index contributed by atoms with van der Waals surface area (Å²) >= 11 is 0. The summed E-state index contributed by atoms with van der Waals surface area (Å²) in [7, 11) is -3.67. The van der Waals surface area contributed by atoms with Crippen LogP contribution in [-0.2, 0) is 21.2 Å². The molecule has 5 nitrogen and oxygen atoms in total. The van der Waals surface area contributed by atoms with Gasteiger partial charge in [0.05, 0.1) is 11.3 Å². The summed E-state index contributed by atoms with van der Waals surface area (Å²) in [6.07, 6.45) is 0.271. The van der Waals surface area contributed by atoms with Crippen molar-refractivity contribution in [1.82, 2.24) is 0 Å². The number of hydrogen-bond acceptors (Lipinski definition) is 3. The Morgan fingerprint density at radius 3 is 2.43 bits per heavy atom. The summed E-state index contributed by atoms with van der Waals surface area (Å²) in [6, 6.07) is 8.62. The topological polar surface area (TPSA) is 75.3 Å². The third kappa shape index (κ3) is 2.94. The van der Waals surface area contributed by atoms with Gasteiger partial charge in [-0.15, -0.1) is 0 Å². The molecule has 6 heteroatoms. The van der Waals surface area contributed by atoms with Crippen LogP contribution >= 0.6 is 0 Å². The Morgan fingerprint density at radius 1 is 1.00 bits per heavy atom. The van der Waals surface area contributed by atoms with Crippen LogP contribution in [0.3, 0.4) is 0 Å². The normalized spacial score (nSPS) is 13.6. The van der Waals surface area contributed by atoms with E-state index in [1.54, 1.807) is 31.2 Å². The summed E-state index contributed by atoms with van der Waals surface area (Å²) in [6.45, 7) is 5.63. The van der Waals surface area contributed by atoms with E-state index in [0.717, 1.165) is 22.4 Å². The molecule has 0 spiro atoms. The lowest BCUT2D eigenvalue weighted by molar-refractivity contribution is -0.115. The number of amides is 1. The predicted octanol–water partition coefficient (Wildman–Crippen LogP) is 2.91. The average Bonchev–Trinajstić information content (AvgIpc) is 2.81. The second-order valence-corrected chi connectivity index (χ2v) is 7.56. The van der Waals surface area contributed by atoms with Crippen molar-refractivity contribution in [3.05, 3.63) is 52.6 Å². The van der Waals surface area contributed by atoms with Crippen molar-refractivity contribution in [2.45, 2.75) is 32.1 Å². The molecule has 2 N–H and O–H groups in total. The lowest BCUT2D eigenvalue weighted by Crippen LogP contribution is -2.15. The SMILES string of the molecule is Cc1cc(C)c(S(=O)(=O)Nc2ccc3c(c2)CC(=O)N3)cc1C. The maximum Gasteiger partial charge on any atom is 0.262 e. The molecule has 23 heavy (non-hydrogen) atoms. The van der Waals surface area contributed by atoms with Crippen molar-refractivity contribution < 1.29 is 13.2 Å². The van der Waals surface area contributed by atoms with Gasteiger partial charge in [0.25, 0.3) is 10.0 Å². The molecule has 1 aliphatic heterocycles. The van der Waals surface area contributed by atoms with Crippen LogP contribution in [0.15, 0.2) is 35.2 Å². The first-order valence-corrected chi connectivity index (χ1v) is 8.78. The van der Waals surface area contributed by atoms with Gasteiger partial charge >= 0.3 is 0 Å². The minimum Gasteiger partial charge on any atom is -0.326 e. The van der Waals surface area contributed by atoms with Gasteiger partial charge in [0.15, 0.2) is 0 Å². The van der Waals surface area contributed by atoms with Gasteiger partial charge < -0.3 is 5.32 Å². The van der Waals surface area contributed by atoms with E-state index < -0.39 is 10.0 Å². The number of rotatable bonds is 3. The molecule has 1 heterocycles. The van der Waals surface area contributed by atoms with Gasteiger partial charge in [-0.2, -0.15) is 0 Å². The fraction of sp³-hybridized carbons (Fsp3) is 0.235. The molecule has 0 radical (unpaired) electrons. The Labute approximate surface area is 135 Å². The van der Waals surface area contributed by atoms with Gasteiger partial charge in [0.2, 0.25) is 5.91 Å². The van der Waals surface area contributed by atoms with E-state index in [1.807, 2.05) is 19.9 Å². The van der Waals surface area contributed by atoms with Gasteiger partial charge in [-0.25, -0.2) is 8.42 Å². The smallest absolute Gasteiger partial charge is 0.262 e. The Hall–Kier alpha value is -2.34. The van der Waals surface area contributed by atoms with Gasteiger partial charge in [0, 0.05) is 11.4 Å². The first kappa shape index (κ1) is 15.6. The largest absolute Gasteiger partial charge is 0.326 e. The molecule has 2 aromatic rings. The van der Waals surface area contributed by atoms with E-state index in [-0.39, 0.29) is 17.2 Å². The third-order valence-corrected chi connectivity index (χ3v) is 5.59. The molecule has 1 aliphatic rings. The van der Waals surface area contributed by atoms with Crippen LogP contribution in [0.5, 0.6) is 0 Å². The van der Waals surface area contributed by atoms with Crippen LogP contribution in [0.25, 0.3) is 0 Å². The predicted molar refractivity (Wildman–Crippen MR) is 90.2 cm³/mol. The number of sulfonamides is 1. The zero-order valence-corrected chi connectivity index (χ0v) is 14.0. The van der Waals surface area contributed by atoms with E-state index in [1.165, 1.54) is 0 Å². The van der Waals surface area contributed by atoms with Gasteiger partial charge in [-0.1, -0.05) is 6.07 Å². The highest BCUT2D eigenvalue weighted by Gasteiger charge is 2.21. The summed E-state index contributed by atoms with van der Waals surface area (Å²) in [5, 5.41) is 2.73. The fourth-order valence-corrected chi connectivity index (χ4v) is 4.09. The number of hydrogen-bond donors (Lipinski definition) is 2. The Bertz CT molecular complexity index is 918. The molecule has 2 aromatic carbocycles.